The van der Waals surface area contributed by atoms with E-state index in [2.05, 4.69) is 21.2 Å². The molecule has 0 aromatic heterocycles. The van der Waals surface area contributed by atoms with Gasteiger partial charge in [-0.2, -0.15) is 0 Å². The molecular weight excluding hydrogens is 274 g/mol. The Bertz CT molecular complexity index is 368. The smallest absolute Gasteiger partial charge is 0.245 e. The number of benzene rings is 1. The minimum atomic E-state index is -0.466. The van der Waals surface area contributed by atoms with Gasteiger partial charge in [0.15, 0.2) is 0 Å². The Labute approximate surface area is 103 Å². The molecule has 4 nitrogen and oxygen atoms in total. The van der Waals surface area contributed by atoms with E-state index in [1.165, 1.54) is 0 Å². The van der Waals surface area contributed by atoms with Gasteiger partial charge in [-0.15, -0.1) is 0 Å². The van der Waals surface area contributed by atoms with Crippen LogP contribution >= 0.6 is 15.9 Å². The Morgan fingerprint density at radius 2 is 2.31 bits per heavy atom. The van der Waals surface area contributed by atoms with Gasteiger partial charge in [0.1, 0.15) is 12.4 Å². The van der Waals surface area contributed by atoms with Crippen molar-refractivity contribution < 1.29 is 14.6 Å². The number of ether oxygens (including phenoxy) is 1. The number of hydrogen-bond acceptors (Lipinski definition) is 3. The second kappa shape index (κ2) is 6.50. The average molecular weight is 288 g/mol. The highest BCUT2D eigenvalue weighted by atomic mass is 79.9. The number of halogens is 1. The number of carbonyl (C=O) groups is 1. The molecule has 0 aliphatic carbocycles. The third kappa shape index (κ3) is 3.83. The lowest BCUT2D eigenvalue weighted by Crippen LogP contribution is -2.28. The molecule has 5 heteroatoms. The number of aliphatic hydroxyl groups excluding tert-OH is 1. The van der Waals surface area contributed by atoms with Crippen LogP contribution in [-0.2, 0) is 11.2 Å². The summed E-state index contributed by atoms with van der Waals surface area (Å²) in [5.74, 6) is 0.427. The van der Waals surface area contributed by atoms with Crippen molar-refractivity contribution in [1.82, 2.24) is 5.32 Å². The molecule has 0 aliphatic heterocycles. The lowest BCUT2D eigenvalue weighted by atomic mass is 10.1. The quantitative estimate of drug-likeness (QED) is 0.853. The van der Waals surface area contributed by atoms with Gasteiger partial charge >= 0.3 is 0 Å². The van der Waals surface area contributed by atoms with E-state index in [-0.39, 0.29) is 5.91 Å². The monoisotopic (exact) mass is 287 g/mol. The second-order valence-corrected chi connectivity index (χ2v) is 4.08. The fourth-order valence-corrected chi connectivity index (χ4v) is 1.86. The van der Waals surface area contributed by atoms with Crippen molar-refractivity contribution in [2.75, 3.05) is 20.3 Å². The molecule has 0 bridgehead atoms. The molecule has 1 aromatic rings. The molecule has 0 atom stereocenters. The van der Waals surface area contributed by atoms with Crippen molar-refractivity contribution in [3.05, 3.63) is 28.2 Å². The van der Waals surface area contributed by atoms with Crippen molar-refractivity contribution in [3.63, 3.8) is 0 Å². The molecule has 0 fully saturated rings. The van der Waals surface area contributed by atoms with Gasteiger partial charge in [0.2, 0.25) is 5.91 Å². The molecule has 2 N–H and O–H groups in total. The van der Waals surface area contributed by atoms with Gasteiger partial charge in [-0.05, 0) is 40.0 Å². The number of nitrogens with one attached hydrogen (secondary N) is 1. The molecule has 1 aromatic carbocycles. The summed E-state index contributed by atoms with van der Waals surface area (Å²) < 4.78 is 6.00. The lowest BCUT2D eigenvalue weighted by Gasteiger charge is -2.07. The van der Waals surface area contributed by atoms with Crippen molar-refractivity contribution in [1.29, 1.82) is 0 Å². The van der Waals surface area contributed by atoms with E-state index in [1.54, 1.807) is 7.11 Å². The zero-order chi connectivity index (χ0) is 12.0. The predicted octanol–water partition coefficient (Wildman–Crippen LogP) is 1.11. The highest BCUT2D eigenvalue weighted by Crippen LogP contribution is 2.25. The maximum atomic E-state index is 10.8. The Balaban J connectivity index is 2.49. The zero-order valence-electron chi connectivity index (χ0n) is 9.00. The van der Waals surface area contributed by atoms with Gasteiger partial charge in [-0.3, -0.25) is 4.79 Å². The molecule has 0 aliphatic rings. The van der Waals surface area contributed by atoms with Crippen LogP contribution in [0.15, 0.2) is 22.7 Å². The normalized spacial score (nSPS) is 9.94. The summed E-state index contributed by atoms with van der Waals surface area (Å²) in [6.45, 7) is 0.0461. The molecule has 88 valence electrons. The van der Waals surface area contributed by atoms with Gasteiger partial charge in [0.05, 0.1) is 11.6 Å². The van der Waals surface area contributed by atoms with Crippen LogP contribution in [0.2, 0.25) is 0 Å². The molecule has 0 heterocycles. The summed E-state index contributed by atoms with van der Waals surface area (Å²) in [4.78, 5) is 10.8. The van der Waals surface area contributed by atoms with E-state index in [9.17, 15) is 4.79 Å². The van der Waals surface area contributed by atoms with Gasteiger partial charge in [0.25, 0.3) is 0 Å². The van der Waals surface area contributed by atoms with E-state index >= 15 is 0 Å². The first-order valence-corrected chi connectivity index (χ1v) is 5.66. The Hall–Kier alpha value is -1.07. The van der Waals surface area contributed by atoms with Gasteiger partial charge in [-0.1, -0.05) is 6.07 Å². The topological polar surface area (TPSA) is 58.6 Å². The SMILES string of the molecule is COc1ccc(CCNC(=O)CO)cc1Br. The van der Waals surface area contributed by atoms with E-state index in [0.29, 0.717) is 13.0 Å². The fraction of sp³-hybridized carbons (Fsp3) is 0.364. The van der Waals surface area contributed by atoms with Crippen LogP contribution in [0.3, 0.4) is 0 Å². The lowest BCUT2D eigenvalue weighted by molar-refractivity contribution is -0.123. The first-order valence-electron chi connectivity index (χ1n) is 4.87. The Morgan fingerprint density at radius 3 is 2.88 bits per heavy atom. The number of hydrogen-bond donors (Lipinski definition) is 2. The molecule has 0 unspecified atom stereocenters. The van der Waals surface area contributed by atoms with Crippen LogP contribution in [0, 0.1) is 0 Å². The second-order valence-electron chi connectivity index (χ2n) is 3.23. The molecule has 0 saturated carbocycles. The van der Waals surface area contributed by atoms with E-state index < -0.39 is 6.61 Å². The Morgan fingerprint density at radius 1 is 1.56 bits per heavy atom. The highest BCUT2D eigenvalue weighted by Gasteiger charge is 2.02. The highest BCUT2D eigenvalue weighted by molar-refractivity contribution is 9.10. The van der Waals surface area contributed by atoms with Crippen LogP contribution in [-0.4, -0.2) is 31.3 Å². The van der Waals surface area contributed by atoms with Crippen LogP contribution in [0.5, 0.6) is 5.75 Å². The zero-order valence-corrected chi connectivity index (χ0v) is 10.6. The number of amides is 1. The first kappa shape index (κ1) is 13.0. The van der Waals surface area contributed by atoms with Crippen LogP contribution in [0.4, 0.5) is 0 Å². The molecule has 1 rings (SSSR count). The van der Waals surface area contributed by atoms with Crippen LogP contribution < -0.4 is 10.1 Å². The summed E-state index contributed by atoms with van der Waals surface area (Å²) in [6, 6.07) is 5.76. The molecule has 0 radical (unpaired) electrons. The van der Waals surface area contributed by atoms with Gasteiger partial charge in [-0.25, -0.2) is 0 Å². The first-order chi connectivity index (χ1) is 7.67. The fourth-order valence-electron chi connectivity index (χ4n) is 1.27. The molecule has 0 saturated heterocycles. The summed E-state index contributed by atoms with van der Waals surface area (Å²) in [7, 11) is 1.61. The third-order valence-corrected chi connectivity index (χ3v) is 2.72. The predicted molar refractivity (Wildman–Crippen MR) is 64.5 cm³/mol. The number of methoxy groups -OCH3 is 1. The van der Waals surface area contributed by atoms with Crippen molar-refractivity contribution in [2.24, 2.45) is 0 Å². The number of carbonyl (C=O) groups excluding carboxylic acids is 1. The molecule has 0 spiro atoms. The van der Waals surface area contributed by atoms with E-state index in [1.807, 2.05) is 18.2 Å². The summed E-state index contributed by atoms with van der Waals surface area (Å²) in [5, 5.41) is 11.1. The van der Waals surface area contributed by atoms with Gasteiger partial charge in [0, 0.05) is 6.54 Å². The standard InChI is InChI=1S/C11H14BrNO3/c1-16-10-3-2-8(6-9(10)12)4-5-13-11(15)7-14/h2-3,6,14H,4-5,7H2,1H3,(H,13,15). The van der Waals surface area contributed by atoms with Crippen LogP contribution in [0.1, 0.15) is 5.56 Å². The molecule has 1 amide bonds. The number of aliphatic hydroxyl groups is 1. The minimum Gasteiger partial charge on any atom is -0.496 e. The molecular formula is C11H14BrNO3. The number of rotatable bonds is 5. The van der Waals surface area contributed by atoms with E-state index in [4.69, 9.17) is 9.84 Å². The summed E-state index contributed by atoms with van der Waals surface area (Å²) in [6.07, 6.45) is 0.717. The maximum absolute atomic E-state index is 10.8. The summed E-state index contributed by atoms with van der Waals surface area (Å²) in [5.41, 5.74) is 1.09. The molecule has 16 heavy (non-hydrogen) atoms. The van der Waals surface area contributed by atoms with E-state index in [0.717, 1.165) is 15.8 Å². The van der Waals surface area contributed by atoms with Crippen molar-refractivity contribution >= 4 is 21.8 Å². The third-order valence-electron chi connectivity index (χ3n) is 2.10. The van der Waals surface area contributed by atoms with Crippen LogP contribution in [0.25, 0.3) is 0 Å². The van der Waals surface area contributed by atoms with Gasteiger partial charge < -0.3 is 15.2 Å². The summed E-state index contributed by atoms with van der Waals surface area (Å²) >= 11 is 3.39. The average Bonchev–Trinajstić information content (AvgIpc) is 2.29. The largest absolute Gasteiger partial charge is 0.496 e. The maximum Gasteiger partial charge on any atom is 0.245 e. The van der Waals surface area contributed by atoms with Crippen molar-refractivity contribution in [3.8, 4) is 5.75 Å². The minimum absolute atomic E-state index is 0.354. The Kier molecular flexibility index (Phi) is 5.28. The van der Waals surface area contributed by atoms with Crippen molar-refractivity contribution in [2.45, 2.75) is 6.42 Å².